The Kier molecular flexibility index (Phi) is 6.82. The maximum atomic E-state index is 13.4. The van der Waals surface area contributed by atoms with Crippen molar-refractivity contribution < 1.29 is 22.5 Å². The number of nitrogens with zero attached hydrogens (tertiary/aromatic N) is 3. The maximum absolute atomic E-state index is 13.4. The summed E-state index contributed by atoms with van der Waals surface area (Å²) in [7, 11) is -2.17. The van der Waals surface area contributed by atoms with E-state index in [9.17, 15) is 13.2 Å². The monoisotopic (exact) mass is 490 g/mol. The third kappa shape index (κ3) is 4.94. The van der Waals surface area contributed by atoms with Crippen LogP contribution in [0.5, 0.6) is 5.75 Å². The molecule has 1 aliphatic rings. The molecule has 1 aliphatic heterocycles. The molecule has 0 aliphatic carbocycles. The van der Waals surface area contributed by atoms with Crippen molar-refractivity contribution in [2.24, 2.45) is 5.92 Å². The second kappa shape index (κ2) is 9.62. The molecule has 0 spiro atoms. The smallest absolute Gasteiger partial charge is 0.244 e. The number of nitrogens with one attached hydrogen (secondary N) is 1. The zero-order chi connectivity index (χ0) is 23.6. The Morgan fingerprint density at radius 3 is 2.85 bits per heavy atom. The Balaban J connectivity index is 1.46. The minimum absolute atomic E-state index is 0.145. The van der Waals surface area contributed by atoms with Gasteiger partial charge >= 0.3 is 0 Å². The summed E-state index contributed by atoms with van der Waals surface area (Å²) in [5.74, 6) is 0.909. The molecular weight excluding hydrogens is 464 g/mol. The highest BCUT2D eigenvalue weighted by Gasteiger charge is 2.35. The van der Waals surface area contributed by atoms with Crippen molar-refractivity contribution in [1.29, 1.82) is 0 Å². The molecule has 1 amide bonds. The number of amides is 1. The molecule has 1 atom stereocenters. The number of ether oxygens (including phenoxy) is 1. The van der Waals surface area contributed by atoms with E-state index in [1.165, 1.54) is 15.6 Å². The van der Waals surface area contributed by atoms with Crippen LogP contribution in [-0.4, -0.2) is 49.0 Å². The van der Waals surface area contributed by atoms with Crippen molar-refractivity contribution in [3.63, 3.8) is 0 Å². The van der Waals surface area contributed by atoms with E-state index < -0.39 is 15.9 Å². The predicted octanol–water partition coefficient (Wildman–Crippen LogP) is 3.14. The molecule has 1 fully saturated rings. The van der Waals surface area contributed by atoms with Gasteiger partial charge in [0.2, 0.25) is 27.6 Å². The van der Waals surface area contributed by atoms with Crippen LogP contribution in [0.4, 0.5) is 0 Å². The van der Waals surface area contributed by atoms with Gasteiger partial charge in [-0.25, -0.2) is 8.42 Å². The quantitative estimate of drug-likeness (QED) is 0.541. The van der Waals surface area contributed by atoms with Crippen LogP contribution in [0.1, 0.15) is 29.2 Å². The summed E-state index contributed by atoms with van der Waals surface area (Å²) in [4.78, 5) is 18.5. The minimum atomic E-state index is -3.76. The van der Waals surface area contributed by atoms with Gasteiger partial charge in [0.15, 0.2) is 0 Å². The molecular formula is C22H26N4O5S2. The van der Waals surface area contributed by atoms with Crippen molar-refractivity contribution in [2.75, 3.05) is 20.2 Å². The number of hydrogen-bond acceptors (Lipinski definition) is 8. The van der Waals surface area contributed by atoms with Gasteiger partial charge in [-0.3, -0.25) is 4.79 Å². The van der Waals surface area contributed by atoms with Gasteiger partial charge in [0.25, 0.3) is 0 Å². The summed E-state index contributed by atoms with van der Waals surface area (Å²) in [5, 5.41) is 6.81. The number of piperidine rings is 1. The average molecular weight is 491 g/mol. The van der Waals surface area contributed by atoms with Gasteiger partial charge in [0.05, 0.1) is 22.8 Å². The Bertz CT molecular complexity index is 1250. The number of thiophene rings is 1. The average Bonchev–Trinajstić information content (AvgIpc) is 3.43. The van der Waals surface area contributed by atoms with Gasteiger partial charge < -0.3 is 14.6 Å². The fourth-order valence-electron chi connectivity index (χ4n) is 3.92. The first-order chi connectivity index (χ1) is 15.8. The molecule has 0 bridgehead atoms. The molecule has 3 heterocycles. The van der Waals surface area contributed by atoms with Crippen molar-refractivity contribution >= 4 is 27.3 Å². The second-order valence-corrected chi connectivity index (χ2v) is 11.1. The topological polar surface area (TPSA) is 115 Å². The second-order valence-electron chi connectivity index (χ2n) is 7.90. The number of para-hydroxylation sites is 1. The fraction of sp³-hybridized carbons (Fsp3) is 0.409. The van der Waals surface area contributed by atoms with Crippen LogP contribution in [0.3, 0.4) is 0 Å². The molecule has 1 N–H and O–H groups in total. The van der Waals surface area contributed by atoms with Gasteiger partial charge in [0.1, 0.15) is 5.75 Å². The number of carbonyl (C=O) groups excluding carboxylic acids is 1. The number of methoxy groups -OCH3 is 1. The summed E-state index contributed by atoms with van der Waals surface area (Å²) in [6.07, 6.45) is 1.26. The van der Waals surface area contributed by atoms with Crippen LogP contribution in [-0.2, 0) is 21.4 Å². The van der Waals surface area contributed by atoms with E-state index in [-0.39, 0.29) is 17.3 Å². The Hall–Kier alpha value is -2.76. The highest BCUT2D eigenvalue weighted by Crippen LogP contribution is 2.35. The summed E-state index contributed by atoms with van der Waals surface area (Å²) in [6.45, 7) is 4.29. The first-order valence-electron chi connectivity index (χ1n) is 10.6. The van der Waals surface area contributed by atoms with Gasteiger partial charge in [-0.1, -0.05) is 23.4 Å². The Morgan fingerprint density at radius 1 is 1.33 bits per heavy atom. The van der Waals surface area contributed by atoms with E-state index in [0.29, 0.717) is 53.2 Å². The van der Waals surface area contributed by atoms with E-state index in [4.69, 9.17) is 9.26 Å². The lowest BCUT2D eigenvalue weighted by molar-refractivity contribution is -0.126. The third-order valence-electron chi connectivity index (χ3n) is 5.64. The number of aryl methyl sites for hydroxylation is 2. The van der Waals surface area contributed by atoms with Gasteiger partial charge in [-0.2, -0.15) is 9.29 Å². The van der Waals surface area contributed by atoms with E-state index in [1.807, 2.05) is 24.3 Å². The van der Waals surface area contributed by atoms with Gasteiger partial charge in [-0.15, -0.1) is 11.3 Å². The third-order valence-corrected chi connectivity index (χ3v) is 8.81. The molecule has 33 heavy (non-hydrogen) atoms. The van der Waals surface area contributed by atoms with Gasteiger partial charge in [0, 0.05) is 37.0 Å². The molecule has 0 saturated carbocycles. The number of benzene rings is 1. The number of sulfonamides is 1. The molecule has 176 valence electrons. The van der Waals surface area contributed by atoms with Crippen LogP contribution in [0, 0.1) is 19.8 Å². The van der Waals surface area contributed by atoms with Crippen LogP contribution in [0.2, 0.25) is 0 Å². The highest BCUT2D eigenvalue weighted by molar-refractivity contribution is 7.89. The molecule has 3 aromatic rings. The summed E-state index contributed by atoms with van der Waals surface area (Å²) in [6, 6.07) is 9.06. The number of rotatable bonds is 7. The molecule has 2 aromatic heterocycles. The van der Waals surface area contributed by atoms with E-state index >= 15 is 0 Å². The fourth-order valence-corrected chi connectivity index (χ4v) is 6.93. The summed E-state index contributed by atoms with van der Waals surface area (Å²) < 4.78 is 38.6. The number of carbonyl (C=O) groups is 1. The molecule has 0 radical (unpaired) electrons. The van der Waals surface area contributed by atoms with E-state index in [1.54, 1.807) is 27.0 Å². The first-order valence-corrected chi connectivity index (χ1v) is 12.9. The lowest BCUT2D eigenvalue weighted by Crippen LogP contribution is -2.45. The zero-order valence-corrected chi connectivity index (χ0v) is 20.3. The standard InChI is InChI=1S/C22H26N4O5S2/c1-14-20(11-19(32-14)21-24-15(2)31-25-21)33(28,29)26-10-6-8-17(13-26)22(27)23-12-16-7-4-5-9-18(16)30-3/h4-5,7,9,11,17H,6,8,10,12-13H2,1-3H3,(H,23,27). The SMILES string of the molecule is COc1ccccc1CNC(=O)C1CCCN(S(=O)(=O)c2cc(-c3noc(C)n3)sc2C)C1. The van der Waals surface area contributed by atoms with Crippen LogP contribution < -0.4 is 10.1 Å². The summed E-state index contributed by atoms with van der Waals surface area (Å²) >= 11 is 1.31. The summed E-state index contributed by atoms with van der Waals surface area (Å²) in [5.41, 5.74) is 0.867. The zero-order valence-electron chi connectivity index (χ0n) is 18.7. The largest absolute Gasteiger partial charge is 0.496 e. The number of aromatic nitrogens is 2. The minimum Gasteiger partial charge on any atom is -0.496 e. The van der Waals surface area contributed by atoms with Crippen molar-refractivity contribution in [3.8, 4) is 16.5 Å². The normalized spacial score (nSPS) is 17.1. The van der Waals surface area contributed by atoms with Crippen molar-refractivity contribution in [3.05, 3.63) is 46.7 Å². The molecule has 4 rings (SSSR count). The maximum Gasteiger partial charge on any atom is 0.244 e. The van der Waals surface area contributed by atoms with Crippen LogP contribution in [0.25, 0.3) is 10.7 Å². The lowest BCUT2D eigenvalue weighted by Gasteiger charge is -2.31. The lowest BCUT2D eigenvalue weighted by atomic mass is 9.98. The molecule has 1 unspecified atom stereocenters. The van der Waals surface area contributed by atoms with Crippen LogP contribution in [0.15, 0.2) is 39.8 Å². The van der Waals surface area contributed by atoms with E-state index in [0.717, 1.165) is 5.56 Å². The predicted molar refractivity (Wildman–Crippen MR) is 123 cm³/mol. The van der Waals surface area contributed by atoms with Gasteiger partial charge in [-0.05, 0) is 31.9 Å². The molecule has 1 saturated heterocycles. The van der Waals surface area contributed by atoms with E-state index in [2.05, 4.69) is 15.5 Å². The molecule has 11 heteroatoms. The highest BCUT2D eigenvalue weighted by atomic mass is 32.2. The Morgan fingerprint density at radius 2 is 2.12 bits per heavy atom. The molecule has 1 aromatic carbocycles. The number of hydrogen-bond donors (Lipinski definition) is 1. The first kappa shape index (κ1) is 23.4. The van der Waals surface area contributed by atoms with Crippen LogP contribution >= 0.6 is 11.3 Å². The van der Waals surface area contributed by atoms with Crippen molar-refractivity contribution in [1.82, 2.24) is 19.8 Å². The van der Waals surface area contributed by atoms with Crippen molar-refractivity contribution in [2.45, 2.75) is 38.1 Å². The molecule has 9 nitrogen and oxygen atoms in total. The Labute approximate surface area is 196 Å².